The van der Waals surface area contributed by atoms with Crippen molar-refractivity contribution >= 4 is 11.8 Å². The minimum Gasteiger partial charge on any atom is -0.378 e. The van der Waals surface area contributed by atoms with Gasteiger partial charge >= 0.3 is 0 Å². The van der Waals surface area contributed by atoms with E-state index in [0.717, 1.165) is 5.56 Å². The van der Waals surface area contributed by atoms with Gasteiger partial charge in [0.25, 0.3) is 5.91 Å². The summed E-state index contributed by atoms with van der Waals surface area (Å²) in [5.74, 6) is 0.0404. The number of hydrogen-bond donors (Lipinski definition) is 1. The number of aryl methyl sites for hydroxylation is 1. The first-order valence-corrected chi connectivity index (χ1v) is 9.17. The van der Waals surface area contributed by atoms with Crippen LogP contribution in [0, 0.1) is 6.92 Å². The highest BCUT2D eigenvalue weighted by Crippen LogP contribution is 2.24. The summed E-state index contributed by atoms with van der Waals surface area (Å²) in [6.45, 7) is 7.64. The summed E-state index contributed by atoms with van der Waals surface area (Å²) in [5.41, 5.74) is 1.66. The standard InChI is InChI=1S/C20H25N3O4/c1-13(2)18-16(14(3)22-27-18)19(24)21-17(15-7-5-4-6-8-15)20(25)23-9-11-26-12-10-23/h4-8,13,17H,9-12H2,1-3H3,(H,21,24). The molecule has 144 valence electrons. The summed E-state index contributed by atoms with van der Waals surface area (Å²) in [6, 6.07) is 8.49. The molecule has 0 bridgehead atoms. The maximum Gasteiger partial charge on any atom is 0.257 e. The number of carbonyl (C=O) groups excluding carboxylic acids is 2. The molecule has 1 N–H and O–H groups in total. The van der Waals surface area contributed by atoms with Crippen molar-refractivity contribution in [3.63, 3.8) is 0 Å². The van der Waals surface area contributed by atoms with Crippen LogP contribution in [0.2, 0.25) is 0 Å². The highest BCUT2D eigenvalue weighted by molar-refractivity contribution is 5.99. The second kappa shape index (κ2) is 8.35. The number of rotatable bonds is 5. The minimum absolute atomic E-state index is 0.0112. The summed E-state index contributed by atoms with van der Waals surface area (Å²) in [5, 5.41) is 6.82. The van der Waals surface area contributed by atoms with Crippen molar-refractivity contribution in [1.29, 1.82) is 0 Å². The molecule has 2 amide bonds. The van der Waals surface area contributed by atoms with Crippen molar-refractivity contribution < 1.29 is 18.8 Å². The van der Waals surface area contributed by atoms with Crippen LogP contribution in [0.4, 0.5) is 0 Å². The highest BCUT2D eigenvalue weighted by atomic mass is 16.5. The summed E-state index contributed by atoms with van der Waals surface area (Å²) in [4.78, 5) is 27.9. The molecule has 7 nitrogen and oxygen atoms in total. The maximum absolute atomic E-state index is 13.1. The van der Waals surface area contributed by atoms with Gasteiger partial charge in [-0.25, -0.2) is 0 Å². The van der Waals surface area contributed by atoms with Gasteiger partial charge in [-0.3, -0.25) is 9.59 Å². The average Bonchev–Trinajstić information content (AvgIpc) is 3.08. The van der Waals surface area contributed by atoms with Gasteiger partial charge in [-0.15, -0.1) is 0 Å². The Hall–Kier alpha value is -2.67. The fraction of sp³-hybridized carbons (Fsp3) is 0.450. The maximum atomic E-state index is 13.1. The molecule has 7 heteroatoms. The highest BCUT2D eigenvalue weighted by Gasteiger charge is 2.31. The van der Waals surface area contributed by atoms with E-state index < -0.39 is 6.04 Å². The van der Waals surface area contributed by atoms with E-state index in [9.17, 15) is 9.59 Å². The van der Waals surface area contributed by atoms with Crippen LogP contribution in [0.15, 0.2) is 34.9 Å². The Balaban J connectivity index is 1.89. The van der Waals surface area contributed by atoms with Crippen molar-refractivity contribution in [3.05, 3.63) is 52.9 Å². The van der Waals surface area contributed by atoms with E-state index in [1.54, 1.807) is 11.8 Å². The molecule has 1 atom stereocenters. The van der Waals surface area contributed by atoms with Crippen LogP contribution in [0.1, 0.15) is 53.2 Å². The van der Waals surface area contributed by atoms with Crippen LogP contribution in [0.5, 0.6) is 0 Å². The third-order valence-electron chi connectivity index (χ3n) is 4.62. The molecule has 1 aromatic heterocycles. The Labute approximate surface area is 158 Å². The summed E-state index contributed by atoms with van der Waals surface area (Å²) >= 11 is 0. The van der Waals surface area contributed by atoms with Crippen molar-refractivity contribution in [3.8, 4) is 0 Å². The Morgan fingerprint density at radius 1 is 1.15 bits per heavy atom. The zero-order valence-electron chi connectivity index (χ0n) is 15.9. The summed E-state index contributed by atoms with van der Waals surface area (Å²) in [6.07, 6.45) is 0. The molecule has 0 saturated carbocycles. The Morgan fingerprint density at radius 2 is 1.81 bits per heavy atom. The molecule has 0 aliphatic carbocycles. The summed E-state index contributed by atoms with van der Waals surface area (Å²) in [7, 11) is 0. The number of ether oxygens (including phenoxy) is 1. The van der Waals surface area contributed by atoms with Crippen LogP contribution in [-0.2, 0) is 9.53 Å². The van der Waals surface area contributed by atoms with Gasteiger partial charge in [-0.1, -0.05) is 49.3 Å². The van der Waals surface area contributed by atoms with E-state index in [-0.39, 0.29) is 17.7 Å². The first-order valence-electron chi connectivity index (χ1n) is 9.17. The lowest BCUT2D eigenvalue weighted by molar-refractivity contribution is -0.137. The second-order valence-electron chi connectivity index (χ2n) is 6.92. The zero-order chi connectivity index (χ0) is 19.4. The van der Waals surface area contributed by atoms with Crippen LogP contribution >= 0.6 is 0 Å². The Bertz CT molecular complexity index is 795. The number of amides is 2. The van der Waals surface area contributed by atoms with Gasteiger partial charge in [0.1, 0.15) is 11.6 Å². The van der Waals surface area contributed by atoms with Crippen molar-refractivity contribution in [1.82, 2.24) is 15.4 Å². The van der Waals surface area contributed by atoms with Crippen LogP contribution in [0.25, 0.3) is 0 Å². The van der Waals surface area contributed by atoms with Crippen molar-refractivity contribution in [2.45, 2.75) is 32.7 Å². The molecule has 2 aromatic rings. The smallest absolute Gasteiger partial charge is 0.257 e. The summed E-state index contributed by atoms with van der Waals surface area (Å²) < 4.78 is 10.7. The Morgan fingerprint density at radius 3 is 2.44 bits per heavy atom. The fourth-order valence-electron chi connectivity index (χ4n) is 3.16. The van der Waals surface area contributed by atoms with Gasteiger partial charge in [-0.05, 0) is 12.5 Å². The van der Waals surface area contributed by atoms with Crippen LogP contribution in [0.3, 0.4) is 0 Å². The van der Waals surface area contributed by atoms with E-state index in [1.165, 1.54) is 0 Å². The number of carbonyl (C=O) groups is 2. The predicted octanol–water partition coefficient (Wildman–Crippen LogP) is 2.44. The molecular formula is C20H25N3O4. The fourth-order valence-corrected chi connectivity index (χ4v) is 3.16. The normalized spacial score (nSPS) is 15.6. The predicted molar refractivity (Wildman–Crippen MR) is 99.4 cm³/mol. The van der Waals surface area contributed by atoms with Crippen LogP contribution < -0.4 is 5.32 Å². The molecule has 1 aliphatic rings. The average molecular weight is 371 g/mol. The molecule has 27 heavy (non-hydrogen) atoms. The first-order chi connectivity index (χ1) is 13.0. The van der Waals surface area contributed by atoms with Crippen molar-refractivity contribution in [2.75, 3.05) is 26.3 Å². The zero-order valence-corrected chi connectivity index (χ0v) is 15.9. The van der Waals surface area contributed by atoms with Gasteiger partial charge in [-0.2, -0.15) is 0 Å². The third kappa shape index (κ3) is 4.19. The van der Waals surface area contributed by atoms with E-state index in [2.05, 4.69) is 10.5 Å². The second-order valence-corrected chi connectivity index (χ2v) is 6.92. The van der Waals surface area contributed by atoms with Gasteiger partial charge in [0, 0.05) is 19.0 Å². The molecule has 0 radical (unpaired) electrons. The number of hydrogen-bond acceptors (Lipinski definition) is 5. The molecule has 1 aromatic carbocycles. The molecule has 1 saturated heterocycles. The molecule has 1 unspecified atom stereocenters. The number of morpholine rings is 1. The molecule has 0 spiro atoms. The minimum atomic E-state index is -0.772. The lowest BCUT2D eigenvalue weighted by Gasteiger charge is -2.31. The third-order valence-corrected chi connectivity index (χ3v) is 4.62. The number of aromatic nitrogens is 1. The van der Waals surface area contributed by atoms with Gasteiger partial charge < -0.3 is 19.5 Å². The molecule has 1 aliphatic heterocycles. The van der Waals surface area contributed by atoms with Crippen LogP contribution in [-0.4, -0.2) is 48.2 Å². The number of nitrogens with one attached hydrogen (secondary N) is 1. The largest absolute Gasteiger partial charge is 0.378 e. The molecule has 2 heterocycles. The lowest BCUT2D eigenvalue weighted by Crippen LogP contribution is -2.47. The van der Waals surface area contributed by atoms with E-state index in [4.69, 9.17) is 9.26 Å². The van der Waals surface area contributed by atoms with Gasteiger partial charge in [0.05, 0.1) is 18.9 Å². The first kappa shape index (κ1) is 19.1. The molecule has 1 fully saturated rings. The molecule has 3 rings (SSSR count). The monoisotopic (exact) mass is 371 g/mol. The quantitative estimate of drug-likeness (QED) is 0.873. The molecular weight excluding hydrogens is 346 g/mol. The van der Waals surface area contributed by atoms with Crippen molar-refractivity contribution in [2.24, 2.45) is 0 Å². The van der Waals surface area contributed by atoms with E-state index in [0.29, 0.717) is 43.3 Å². The van der Waals surface area contributed by atoms with E-state index >= 15 is 0 Å². The van der Waals surface area contributed by atoms with Gasteiger partial charge in [0.15, 0.2) is 5.76 Å². The number of benzene rings is 1. The SMILES string of the molecule is Cc1noc(C(C)C)c1C(=O)NC(C(=O)N1CCOCC1)c1ccccc1. The number of nitrogens with zero attached hydrogens (tertiary/aromatic N) is 2. The van der Waals surface area contributed by atoms with Gasteiger partial charge in [0.2, 0.25) is 5.91 Å². The lowest BCUT2D eigenvalue weighted by atomic mass is 10.0. The van der Waals surface area contributed by atoms with E-state index in [1.807, 2.05) is 44.2 Å². The topological polar surface area (TPSA) is 84.7 Å². The Kier molecular flexibility index (Phi) is 5.91.